The van der Waals surface area contributed by atoms with Crippen LogP contribution in [0.1, 0.15) is 52.9 Å². The molecule has 1 aromatic carbocycles. The van der Waals surface area contributed by atoms with E-state index in [2.05, 4.69) is 17.6 Å². The number of rotatable bonds is 10. The number of anilines is 2. The lowest BCUT2D eigenvalue weighted by Gasteiger charge is -2.22. The molecular formula is C21H36N4O3S. The van der Waals surface area contributed by atoms with Gasteiger partial charge in [0.2, 0.25) is 15.9 Å². The molecule has 0 aromatic heterocycles. The summed E-state index contributed by atoms with van der Waals surface area (Å²) in [6.07, 6.45) is 5.39. The van der Waals surface area contributed by atoms with Crippen LogP contribution in [0, 0.1) is 0 Å². The molecule has 29 heavy (non-hydrogen) atoms. The Kier molecular flexibility index (Phi) is 9.23. The van der Waals surface area contributed by atoms with Gasteiger partial charge in [0, 0.05) is 32.7 Å². The first-order chi connectivity index (χ1) is 13.9. The van der Waals surface area contributed by atoms with E-state index in [-0.39, 0.29) is 17.3 Å². The Labute approximate surface area is 175 Å². The van der Waals surface area contributed by atoms with Gasteiger partial charge < -0.3 is 15.5 Å². The summed E-state index contributed by atoms with van der Waals surface area (Å²) in [4.78, 5) is 14.8. The summed E-state index contributed by atoms with van der Waals surface area (Å²) in [5.74, 6) is 0.0605. The Morgan fingerprint density at radius 3 is 2.24 bits per heavy atom. The van der Waals surface area contributed by atoms with Gasteiger partial charge in [-0.05, 0) is 37.5 Å². The van der Waals surface area contributed by atoms with Gasteiger partial charge in [-0.25, -0.2) is 8.42 Å². The Morgan fingerprint density at radius 1 is 1.00 bits per heavy atom. The third-order valence-corrected chi connectivity index (χ3v) is 7.33. The fraction of sp³-hybridized carbons (Fsp3) is 0.667. The number of amides is 1. The van der Waals surface area contributed by atoms with E-state index in [4.69, 9.17) is 0 Å². The predicted molar refractivity (Wildman–Crippen MR) is 119 cm³/mol. The summed E-state index contributed by atoms with van der Waals surface area (Å²) in [6, 6.07) is 5.06. The van der Waals surface area contributed by atoms with Crippen molar-refractivity contribution in [1.82, 2.24) is 9.21 Å². The van der Waals surface area contributed by atoms with Crippen molar-refractivity contribution >= 4 is 27.3 Å². The molecule has 0 bridgehead atoms. The van der Waals surface area contributed by atoms with Crippen molar-refractivity contribution in [3.63, 3.8) is 0 Å². The number of carbonyl (C=O) groups excluding carboxylic acids is 1. The minimum atomic E-state index is -3.55. The van der Waals surface area contributed by atoms with Crippen molar-refractivity contribution in [2.75, 3.05) is 49.9 Å². The number of nitrogens with one attached hydrogen (secondary N) is 2. The summed E-state index contributed by atoms with van der Waals surface area (Å²) >= 11 is 0. The lowest BCUT2D eigenvalue weighted by atomic mass is 10.2. The molecule has 0 atom stereocenters. The first-order valence-electron chi connectivity index (χ1n) is 10.8. The Balaban J connectivity index is 2.21. The third-order valence-electron chi connectivity index (χ3n) is 5.29. The highest BCUT2D eigenvalue weighted by atomic mass is 32.2. The van der Waals surface area contributed by atoms with Crippen LogP contribution in [0.5, 0.6) is 0 Å². The van der Waals surface area contributed by atoms with E-state index in [1.807, 2.05) is 18.7 Å². The molecule has 1 amide bonds. The summed E-state index contributed by atoms with van der Waals surface area (Å²) in [7, 11) is -3.55. The second kappa shape index (κ2) is 11.4. The van der Waals surface area contributed by atoms with E-state index < -0.39 is 10.0 Å². The summed E-state index contributed by atoms with van der Waals surface area (Å²) in [5.41, 5.74) is 1.46. The van der Waals surface area contributed by atoms with Gasteiger partial charge in [-0.3, -0.25) is 4.79 Å². The van der Waals surface area contributed by atoms with Crippen molar-refractivity contribution in [2.24, 2.45) is 0 Å². The number of benzene rings is 1. The monoisotopic (exact) mass is 424 g/mol. The van der Waals surface area contributed by atoms with Crippen molar-refractivity contribution in [3.05, 3.63) is 18.2 Å². The van der Waals surface area contributed by atoms with Crippen molar-refractivity contribution in [3.8, 4) is 0 Å². The first-order valence-corrected chi connectivity index (χ1v) is 12.3. The van der Waals surface area contributed by atoms with Crippen LogP contribution >= 0.6 is 0 Å². The van der Waals surface area contributed by atoms with E-state index in [1.54, 1.807) is 18.2 Å². The molecule has 0 radical (unpaired) electrons. The number of sulfonamides is 1. The number of hydrogen-bond acceptors (Lipinski definition) is 5. The van der Waals surface area contributed by atoms with Crippen molar-refractivity contribution in [2.45, 2.75) is 57.8 Å². The number of hydrogen-bond donors (Lipinski definition) is 2. The average molecular weight is 425 g/mol. The molecule has 1 aliphatic heterocycles. The maximum Gasteiger partial charge on any atom is 0.243 e. The second-order valence-electron chi connectivity index (χ2n) is 7.37. The molecule has 0 saturated carbocycles. The number of nitrogens with zero attached hydrogens (tertiary/aromatic N) is 2. The maximum atomic E-state index is 12.9. The lowest BCUT2D eigenvalue weighted by Crippen LogP contribution is -2.36. The largest absolute Gasteiger partial charge is 0.383 e. The summed E-state index contributed by atoms with van der Waals surface area (Å²) < 4.78 is 27.2. The highest BCUT2D eigenvalue weighted by Crippen LogP contribution is 2.27. The van der Waals surface area contributed by atoms with E-state index >= 15 is 0 Å². The minimum Gasteiger partial charge on any atom is -0.383 e. The molecule has 2 N–H and O–H groups in total. The fourth-order valence-corrected chi connectivity index (χ4v) is 5.04. The SMILES string of the molecule is CCCNc1ccc(S(=O)(=O)N(CC)CC)cc1NCC(=O)N1CCCCCC1. The lowest BCUT2D eigenvalue weighted by molar-refractivity contribution is -0.129. The van der Waals surface area contributed by atoms with Crippen LogP contribution in [0.2, 0.25) is 0 Å². The van der Waals surface area contributed by atoms with Gasteiger partial charge in [-0.2, -0.15) is 4.31 Å². The van der Waals surface area contributed by atoms with Gasteiger partial charge in [0.1, 0.15) is 0 Å². The van der Waals surface area contributed by atoms with Gasteiger partial charge in [-0.1, -0.05) is 33.6 Å². The first kappa shape index (κ1) is 23.5. The Morgan fingerprint density at radius 2 is 1.66 bits per heavy atom. The molecule has 0 spiro atoms. The molecule has 1 fully saturated rings. The molecule has 7 nitrogen and oxygen atoms in total. The summed E-state index contributed by atoms with van der Waals surface area (Å²) in [6.45, 7) is 9.12. The van der Waals surface area contributed by atoms with Gasteiger partial charge in [0.25, 0.3) is 0 Å². The molecule has 1 heterocycles. The highest BCUT2D eigenvalue weighted by molar-refractivity contribution is 7.89. The topological polar surface area (TPSA) is 81.8 Å². The Hall–Kier alpha value is -1.80. The van der Waals surface area contributed by atoms with Crippen molar-refractivity contribution < 1.29 is 13.2 Å². The molecule has 1 saturated heterocycles. The van der Waals surface area contributed by atoms with Crippen LogP contribution in [0.15, 0.2) is 23.1 Å². The van der Waals surface area contributed by atoms with Crippen LogP contribution in [0.4, 0.5) is 11.4 Å². The van der Waals surface area contributed by atoms with Crippen LogP contribution < -0.4 is 10.6 Å². The van der Waals surface area contributed by atoms with Gasteiger partial charge in [-0.15, -0.1) is 0 Å². The second-order valence-corrected chi connectivity index (χ2v) is 9.31. The van der Waals surface area contributed by atoms with E-state index in [0.29, 0.717) is 18.8 Å². The molecule has 2 rings (SSSR count). The zero-order valence-corrected chi connectivity index (χ0v) is 18.9. The molecule has 0 aliphatic carbocycles. The zero-order chi connectivity index (χ0) is 21.3. The molecule has 8 heteroatoms. The maximum absolute atomic E-state index is 12.9. The van der Waals surface area contributed by atoms with Crippen LogP contribution in [-0.4, -0.2) is 62.8 Å². The molecule has 0 unspecified atom stereocenters. The highest BCUT2D eigenvalue weighted by Gasteiger charge is 2.23. The van der Waals surface area contributed by atoms with Gasteiger partial charge in [0.15, 0.2) is 0 Å². The third kappa shape index (κ3) is 6.34. The average Bonchev–Trinajstić information content (AvgIpc) is 3.01. The minimum absolute atomic E-state index is 0.0605. The number of likely N-dealkylation sites (tertiary alicyclic amines) is 1. The van der Waals surface area contributed by atoms with E-state index in [0.717, 1.165) is 44.6 Å². The number of carbonyl (C=O) groups is 1. The molecule has 1 aliphatic rings. The fourth-order valence-electron chi connectivity index (χ4n) is 3.56. The van der Waals surface area contributed by atoms with Gasteiger partial charge >= 0.3 is 0 Å². The Bertz CT molecular complexity index is 755. The molecular weight excluding hydrogens is 388 g/mol. The van der Waals surface area contributed by atoms with E-state index in [9.17, 15) is 13.2 Å². The van der Waals surface area contributed by atoms with Crippen LogP contribution in [0.25, 0.3) is 0 Å². The van der Waals surface area contributed by atoms with Crippen LogP contribution in [-0.2, 0) is 14.8 Å². The quantitative estimate of drug-likeness (QED) is 0.602. The molecule has 1 aromatic rings. The zero-order valence-electron chi connectivity index (χ0n) is 18.0. The smallest absolute Gasteiger partial charge is 0.243 e. The van der Waals surface area contributed by atoms with Crippen LogP contribution in [0.3, 0.4) is 0 Å². The normalized spacial score (nSPS) is 15.2. The van der Waals surface area contributed by atoms with Gasteiger partial charge in [0.05, 0.1) is 22.8 Å². The predicted octanol–water partition coefficient (Wildman–Crippen LogP) is 3.35. The summed E-state index contributed by atoms with van der Waals surface area (Å²) in [5, 5.41) is 6.51. The molecule has 164 valence electrons. The van der Waals surface area contributed by atoms with Crippen molar-refractivity contribution in [1.29, 1.82) is 0 Å². The van der Waals surface area contributed by atoms with E-state index in [1.165, 1.54) is 17.1 Å². The standard InChI is InChI=1S/C21H36N4O3S/c1-4-13-22-19-12-11-18(29(27,28)25(5-2)6-3)16-20(19)23-17-21(26)24-14-9-7-8-10-15-24/h11-12,16,22-23H,4-10,13-15,17H2,1-3H3.